The lowest BCUT2D eigenvalue weighted by Gasteiger charge is -2.10. The molecule has 0 atom stereocenters. The Balaban J connectivity index is 2.19. The highest BCUT2D eigenvalue weighted by Crippen LogP contribution is 2.36. The maximum atomic E-state index is 4.37. The molecule has 2 aromatic heterocycles. The van der Waals surface area contributed by atoms with Gasteiger partial charge in [-0.2, -0.15) is 3.15 Å². The van der Waals surface area contributed by atoms with Crippen LogP contribution in [-0.2, 0) is 0 Å². The van der Waals surface area contributed by atoms with Gasteiger partial charge in [0.05, 0.1) is 5.69 Å². The van der Waals surface area contributed by atoms with E-state index in [0.717, 1.165) is 15.6 Å². The first-order valence-electron chi connectivity index (χ1n) is 4.29. The molecule has 4 nitrogen and oxygen atoms in total. The molecule has 1 aliphatic heterocycles. The van der Waals surface area contributed by atoms with Gasteiger partial charge in [0.25, 0.3) is 0 Å². The highest BCUT2D eigenvalue weighted by atomic mass is 127. The van der Waals surface area contributed by atoms with Crippen molar-refractivity contribution >= 4 is 54.0 Å². The molecular formula is C9H6BrIN4. The van der Waals surface area contributed by atoms with Crippen LogP contribution in [0.1, 0.15) is 0 Å². The number of halogens is 2. The van der Waals surface area contributed by atoms with Gasteiger partial charge in [-0.25, -0.2) is 4.98 Å². The van der Waals surface area contributed by atoms with E-state index in [-0.39, 0.29) is 21.3 Å². The van der Waals surface area contributed by atoms with Crippen molar-refractivity contribution < 1.29 is 0 Å². The maximum Gasteiger partial charge on any atom is 0.139 e. The van der Waals surface area contributed by atoms with Crippen LogP contribution in [0.4, 0.5) is 5.69 Å². The van der Waals surface area contributed by atoms with E-state index >= 15 is 0 Å². The Morgan fingerprint density at radius 1 is 1.40 bits per heavy atom. The standard InChI is InChI=1S/C9H6BrIN4/c10-8-5-15(11-14-8)7-2-4-13-9-6(7)1-3-12-9/h1-5H,(H,12,13). The van der Waals surface area contributed by atoms with Gasteiger partial charge in [0.2, 0.25) is 0 Å². The third-order valence-electron chi connectivity index (χ3n) is 2.09. The smallest absolute Gasteiger partial charge is 0.139 e. The van der Waals surface area contributed by atoms with Gasteiger partial charge in [-0.05, 0) is 28.1 Å². The van der Waals surface area contributed by atoms with Gasteiger partial charge in [0.1, 0.15) is 31.6 Å². The summed E-state index contributed by atoms with van der Waals surface area (Å²) in [6.07, 6.45) is 5.75. The molecular weight excluding hydrogens is 371 g/mol. The summed E-state index contributed by atoms with van der Waals surface area (Å²) in [5.41, 5.74) is 2.10. The summed E-state index contributed by atoms with van der Waals surface area (Å²) >= 11 is 3.07. The molecule has 3 heterocycles. The Morgan fingerprint density at radius 2 is 2.33 bits per heavy atom. The molecule has 0 fully saturated rings. The fraction of sp³-hybridized carbons (Fsp3) is 0. The minimum absolute atomic E-state index is 0.321. The summed E-state index contributed by atoms with van der Waals surface area (Å²) in [7, 11) is 0. The van der Waals surface area contributed by atoms with E-state index in [1.807, 2.05) is 30.7 Å². The van der Waals surface area contributed by atoms with E-state index in [1.54, 1.807) is 0 Å². The van der Waals surface area contributed by atoms with Gasteiger partial charge in [-0.1, -0.05) is 0 Å². The Labute approximate surface area is 105 Å². The van der Waals surface area contributed by atoms with Crippen molar-refractivity contribution in [1.29, 1.82) is 0 Å². The molecule has 1 N–H and O–H groups in total. The van der Waals surface area contributed by atoms with Gasteiger partial charge in [0, 0.05) is 24.0 Å². The van der Waals surface area contributed by atoms with Crippen LogP contribution in [0.25, 0.3) is 11.0 Å². The number of hydrogen-bond donors (Lipinski definition) is 1. The predicted molar refractivity (Wildman–Crippen MR) is 72.0 cm³/mol. The Kier molecular flexibility index (Phi) is 2.32. The molecule has 0 radical (unpaired) electrons. The van der Waals surface area contributed by atoms with Crippen molar-refractivity contribution in [2.24, 2.45) is 3.15 Å². The average molecular weight is 377 g/mol. The largest absolute Gasteiger partial charge is 0.346 e. The summed E-state index contributed by atoms with van der Waals surface area (Å²) in [5, 5.41) is 1.14. The van der Waals surface area contributed by atoms with Gasteiger partial charge < -0.3 is 4.98 Å². The van der Waals surface area contributed by atoms with Crippen LogP contribution < -0.4 is 3.11 Å². The minimum atomic E-state index is -0.321. The molecule has 15 heavy (non-hydrogen) atoms. The maximum absolute atomic E-state index is 4.37. The number of pyridine rings is 1. The molecule has 0 saturated carbocycles. The second-order valence-electron chi connectivity index (χ2n) is 2.99. The first-order chi connectivity index (χ1) is 7.34. The molecule has 1 aliphatic rings. The van der Waals surface area contributed by atoms with Crippen LogP contribution >= 0.6 is 37.2 Å². The third kappa shape index (κ3) is 1.61. The van der Waals surface area contributed by atoms with Crippen LogP contribution in [0.2, 0.25) is 0 Å². The van der Waals surface area contributed by atoms with Crippen molar-refractivity contribution in [1.82, 2.24) is 9.97 Å². The van der Waals surface area contributed by atoms with Crippen molar-refractivity contribution in [3.05, 3.63) is 35.3 Å². The number of nitrogens with zero attached hydrogens (tertiary/aromatic N) is 3. The summed E-state index contributed by atoms with van der Waals surface area (Å²) in [4.78, 5) is 7.37. The van der Waals surface area contributed by atoms with E-state index in [9.17, 15) is 0 Å². The number of hydrogen-bond acceptors (Lipinski definition) is 3. The quantitative estimate of drug-likeness (QED) is 0.469. The highest BCUT2D eigenvalue weighted by Gasteiger charge is 2.12. The summed E-state index contributed by atoms with van der Waals surface area (Å²) in [6.45, 7) is 0. The number of nitrogens with one attached hydrogen (secondary N) is 1. The molecule has 0 amide bonds. The van der Waals surface area contributed by atoms with Crippen molar-refractivity contribution in [3.8, 4) is 0 Å². The minimum Gasteiger partial charge on any atom is -0.346 e. The number of rotatable bonds is 1. The monoisotopic (exact) mass is 376 g/mol. The fourth-order valence-electron chi connectivity index (χ4n) is 1.46. The molecule has 0 bridgehead atoms. The van der Waals surface area contributed by atoms with Crippen molar-refractivity contribution in [2.45, 2.75) is 0 Å². The molecule has 3 rings (SSSR count). The summed E-state index contributed by atoms with van der Waals surface area (Å²) in [5.74, 6) is 0. The SMILES string of the molecule is BrC1=CN(c2ccnc3[nH]ccc23)I=N1. The third-order valence-corrected chi connectivity index (χ3v) is 5.13. The van der Waals surface area contributed by atoms with Crippen LogP contribution in [-0.4, -0.2) is 9.97 Å². The number of H-pyrrole nitrogens is 1. The molecule has 6 heteroatoms. The molecule has 0 unspecified atom stereocenters. The predicted octanol–water partition coefficient (Wildman–Crippen LogP) is 3.65. The Hall–Kier alpha value is -0.760. The Morgan fingerprint density at radius 3 is 3.13 bits per heavy atom. The van der Waals surface area contributed by atoms with Gasteiger partial charge >= 0.3 is 0 Å². The van der Waals surface area contributed by atoms with Crippen LogP contribution in [0, 0.1) is 0 Å². The van der Waals surface area contributed by atoms with Crippen molar-refractivity contribution in [3.63, 3.8) is 0 Å². The van der Waals surface area contributed by atoms with Crippen LogP contribution in [0.3, 0.4) is 0 Å². The first kappa shape index (κ1) is 9.46. The highest BCUT2D eigenvalue weighted by molar-refractivity contribution is 14.2. The van der Waals surface area contributed by atoms with Crippen LogP contribution in [0.15, 0.2) is 38.5 Å². The van der Waals surface area contributed by atoms with E-state index in [0.29, 0.717) is 0 Å². The molecule has 0 saturated heterocycles. The van der Waals surface area contributed by atoms with Crippen LogP contribution in [0.5, 0.6) is 0 Å². The van der Waals surface area contributed by atoms with Gasteiger partial charge in [-0.3, -0.25) is 3.11 Å². The number of anilines is 1. The fourth-order valence-corrected chi connectivity index (χ4v) is 4.05. The zero-order chi connectivity index (χ0) is 10.3. The number of fused-ring (bicyclic) bond motifs is 1. The lowest BCUT2D eigenvalue weighted by atomic mass is 10.3. The number of aromatic amines is 1. The van der Waals surface area contributed by atoms with E-state index in [2.05, 4.69) is 32.2 Å². The Bertz CT molecular complexity index is 574. The molecule has 0 aromatic carbocycles. The lowest BCUT2D eigenvalue weighted by Crippen LogP contribution is -1.98. The summed E-state index contributed by atoms with van der Waals surface area (Å²) < 4.78 is 7.49. The second kappa shape index (κ2) is 3.67. The van der Waals surface area contributed by atoms with Gasteiger partial charge in [-0.15, -0.1) is 0 Å². The zero-order valence-corrected chi connectivity index (χ0v) is 11.2. The van der Waals surface area contributed by atoms with Crippen molar-refractivity contribution in [2.75, 3.05) is 3.11 Å². The second-order valence-corrected chi connectivity index (χ2v) is 5.76. The summed E-state index contributed by atoms with van der Waals surface area (Å²) in [6, 6.07) is 4.06. The number of aromatic nitrogens is 2. The first-order valence-corrected chi connectivity index (χ1v) is 7.01. The normalized spacial score (nSPS) is 15.5. The van der Waals surface area contributed by atoms with Gasteiger partial charge in [0.15, 0.2) is 0 Å². The van der Waals surface area contributed by atoms with E-state index < -0.39 is 0 Å². The zero-order valence-electron chi connectivity index (χ0n) is 7.48. The molecule has 2 aromatic rings. The lowest BCUT2D eigenvalue weighted by molar-refractivity contribution is 1.32. The van der Waals surface area contributed by atoms with E-state index in [4.69, 9.17) is 0 Å². The molecule has 0 spiro atoms. The molecule has 0 aliphatic carbocycles. The molecule has 76 valence electrons. The average Bonchev–Trinajstić information content (AvgIpc) is 2.84. The van der Waals surface area contributed by atoms with E-state index in [1.165, 1.54) is 5.69 Å². The topological polar surface area (TPSA) is 44.3 Å².